The molecule has 2 aromatic rings. The average molecular weight is 415 g/mol. The zero-order valence-corrected chi connectivity index (χ0v) is 17.2. The topological polar surface area (TPSA) is 87.5 Å². The first kappa shape index (κ1) is 20.2. The molecule has 0 radical (unpaired) electrons. The lowest BCUT2D eigenvalue weighted by Crippen LogP contribution is -2.33. The third-order valence-electron chi connectivity index (χ3n) is 4.52. The SMILES string of the molecule is CCN1CCc2c(sc(NC(=S)NC(=O)/C=C/c3ccccc3)c2C(N)=O)C1. The van der Waals surface area contributed by atoms with Crippen LogP contribution >= 0.6 is 23.6 Å². The van der Waals surface area contributed by atoms with E-state index in [1.807, 2.05) is 30.3 Å². The lowest BCUT2D eigenvalue weighted by molar-refractivity contribution is -0.115. The Labute approximate surface area is 173 Å². The predicted molar refractivity (Wildman–Crippen MR) is 117 cm³/mol. The summed E-state index contributed by atoms with van der Waals surface area (Å²) in [7, 11) is 0. The van der Waals surface area contributed by atoms with Gasteiger partial charge in [-0.15, -0.1) is 11.3 Å². The van der Waals surface area contributed by atoms with Gasteiger partial charge in [-0.05, 0) is 42.4 Å². The van der Waals surface area contributed by atoms with Gasteiger partial charge in [0.05, 0.1) is 5.56 Å². The number of nitrogens with one attached hydrogen (secondary N) is 2. The summed E-state index contributed by atoms with van der Waals surface area (Å²) in [6.07, 6.45) is 3.89. The molecular weight excluding hydrogens is 392 g/mol. The Morgan fingerprint density at radius 1 is 1.32 bits per heavy atom. The molecule has 2 heterocycles. The molecule has 0 aliphatic carbocycles. The van der Waals surface area contributed by atoms with Crippen LogP contribution in [0.4, 0.5) is 5.00 Å². The van der Waals surface area contributed by atoms with E-state index in [-0.39, 0.29) is 11.0 Å². The van der Waals surface area contributed by atoms with Crippen molar-refractivity contribution in [2.24, 2.45) is 5.73 Å². The quantitative estimate of drug-likeness (QED) is 0.517. The minimum atomic E-state index is -0.483. The van der Waals surface area contributed by atoms with E-state index in [9.17, 15) is 9.59 Å². The maximum absolute atomic E-state index is 12.1. The number of amides is 2. The van der Waals surface area contributed by atoms with Crippen LogP contribution in [-0.4, -0.2) is 34.9 Å². The van der Waals surface area contributed by atoms with E-state index < -0.39 is 5.91 Å². The van der Waals surface area contributed by atoms with Crippen LogP contribution in [0.1, 0.15) is 33.3 Å². The number of carbonyl (C=O) groups excluding carboxylic acids is 2. The Balaban J connectivity index is 1.68. The van der Waals surface area contributed by atoms with Crippen LogP contribution in [0.5, 0.6) is 0 Å². The summed E-state index contributed by atoms with van der Waals surface area (Å²) in [5.74, 6) is -0.830. The van der Waals surface area contributed by atoms with Crippen molar-refractivity contribution in [2.75, 3.05) is 18.4 Å². The van der Waals surface area contributed by atoms with E-state index in [4.69, 9.17) is 18.0 Å². The van der Waals surface area contributed by atoms with E-state index in [1.54, 1.807) is 6.08 Å². The first-order valence-corrected chi connectivity index (χ1v) is 10.2. The molecular formula is C20H22N4O2S2. The van der Waals surface area contributed by atoms with E-state index in [1.165, 1.54) is 17.4 Å². The largest absolute Gasteiger partial charge is 0.365 e. The monoisotopic (exact) mass is 414 g/mol. The van der Waals surface area contributed by atoms with E-state index in [0.717, 1.165) is 42.1 Å². The number of anilines is 1. The highest BCUT2D eigenvalue weighted by atomic mass is 32.1. The molecule has 28 heavy (non-hydrogen) atoms. The number of primary amides is 1. The summed E-state index contributed by atoms with van der Waals surface area (Å²) in [5.41, 5.74) is 7.99. The Kier molecular flexibility index (Phi) is 6.56. The number of thiophene rings is 1. The molecule has 0 spiro atoms. The number of benzene rings is 1. The Bertz CT molecular complexity index is 922. The van der Waals surface area contributed by atoms with Crippen molar-refractivity contribution in [2.45, 2.75) is 19.9 Å². The number of rotatable bonds is 5. The van der Waals surface area contributed by atoms with Gasteiger partial charge in [-0.2, -0.15) is 0 Å². The second kappa shape index (κ2) is 9.09. The Morgan fingerprint density at radius 2 is 2.07 bits per heavy atom. The van der Waals surface area contributed by atoms with Crippen LogP contribution in [-0.2, 0) is 17.8 Å². The molecule has 0 bridgehead atoms. The van der Waals surface area contributed by atoms with E-state index in [2.05, 4.69) is 22.5 Å². The highest BCUT2D eigenvalue weighted by molar-refractivity contribution is 7.80. The highest BCUT2D eigenvalue weighted by Crippen LogP contribution is 2.36. The molecule has 0 unspecified atom stereocenters. The smallest absolute Gasteiger partial charge is 0.251 e. The van der Waals surface area contributed by atoms with Gasteiger partial charge in [-0.3, -0.25) is 19.8 Å². The molecule has 6 nitrogen and oxygen atoms in total. The highest BCUT2D eigenvalue weighted by Gasteiger charge is 2.26. The Hall–Kier alpha value is -2.55. The van der Waals surface area contributed by atoms with E-state index >= 15 is 0 Å². The number of nitrogens with zero attached hydrogens (tertiary/aromatic N) is 1. The first-order chi connectivity index (χ1) is 13.5. The number of fused-ring (bicyclic) bond motifs is 1. The van der Waals surface area contributed by atoms with Crippen LogP contribution in [0.3, 0.4) is 0 Å². The molecule has 0 saturated carbocycles. The van der Waals surface area contributed by atoms with Crippen molar-refractivity contribution < 1.29 is 9.59 Å². The molecule has 0 fully saturated rings. The van der Waals surface area contributed by atoms with Gasteiger partial charge in [0.25, 0.3) is 5.91 Å². The summed E-state index contributed by atoms with van der Waals surface area (Å²) in [6.45, 7) is 4.75. The molecule has 1 aliphatic heterocycles. The maximum atomic E-state index is 12.1. The van der Waals surface area contributed by atoms with Crippen molar-refractivity contribution in [3.05, 3.63) is 58.0 Å². The van der Waals surface area contributed by atoms with Gasteiger partial charge in [0.1, 0.15) is 5.00 Å². The molecule has 146 valence electrons. The van der Waals surface area contributed by atoms with Crippen molar-refractivity contribution in [3.8, 4) is 0 Å². The summed E-state index contributed by atoms with van der Waals surface area (Å²) in [4.78, 5) is 27.5. The van der Waals surface area contributed by atoms with Crippen LogP contribution < -0.4 is 16.4 Å². The van der Waals surface area contributed by atoms with Gasteiger partial charge in [0.15, 0.2) is 5.11 Å². The summed E-state index contributed by atoms with van der Waals surface area (Å²) >= 11 is 6.71. The number of nitrogens with two attached hydrogens (primary N) is 1. The molecule has 2 amide bonds. The Morgan fingerprint density at radius 3 is 2.75 bits per heavy atom. The second-order valence-electron chi connectivity index (χ2n) is 6.38. The van der Waals surface area contributed by atoms with Crippen molar-refractivity contribution in [3.63, 3.8) is 0 Å². The van der Waals surface area contributed by atoms with Crippen LogP contribution in [0, 0.1) is 0 Å². The predicted octanol–water partition coefficient (Wildman–Crippen LogP) is 2.75. The lowest BCUT2D eigenvalue weighted by atomic mass is 10.0. The number of thiocarbonyl (C=S) groups is 1. The fourth-order valence-corrected chi connectivity index (χ4v) is 4.67. The number of likely N-dealkylation sites (N-methyl/N-ethyl adjacent to an activating group) is 1. The summed E-state index contributed by atoms with van der Waals surface area (Å²) in [5, 5.41) is 6.31. The zero-order valence-electron chi connectivity index (χ0n) is 15.5. The standard InChI is InChI=1S/C20H22N4O2S2/c1-2-24-11-10-14-15(12-24)28-19(17(14)18(21)26)23-20(27)22-16(25)9-8-13-6-4-3-5-7-13/h3-9H,2,10-12H2,1H3,(H2,21,26)(H2,22,23,25,27)/b9-8+. The van der Waals surface area contributed by atoms with Crippen molar-refractivity contribution >= 4 is 51.6 Å². The maximum Gasteiger partial charge on any atom is 0.251 e. The fraction of sp³-hybridized carbons (Fsp3) is 0.250. The third-order valence-corrected chi connectivity index (χ3v) is 5.86. The number of hydrogen-bond donors (Lipinski definition) is 3. The number of carbonyl (C=O) groups is 2. The lowest BCUT2D eigenvalue weighted by Gasteiger charge is -2.25. The molecule has 0 saturated heterocycles. The van der Waals surface area contributed by atoms with Gasteiger partial charge < -0.3 is 11.1 Å². The molecule has 8 heteroatoms. The van der Waals surface area contributed by atoms with Crippen LogP contribution in [0.15, 0.2) is 36.4 Å². The van der Waals surface area contributed by atoms with Crippen LogP contribution in [0.2, 0.25) is 0 Å². The first-order valence-electron chi connectivity index (χ1n) is 8.99. The minimum absolute atomic E-state index is 0.135. The third kappa shape index (κ3) is 4.83. The van der Waals surface area contributed by atoms with Crippen molar-refractivity contribution in [1.82, 2.24) is 10.2 Å². The second-order valence-corrected chi connectivity index (χ2v) is 7.89. The average Bonchev–Trinajstić information content (AvgIpc) is 3.03. The zero-order chi connectivity index (χ0) is 20.1. The van der Waals surface area contributed by atoms with E-state index in [0.29, 0.717) is 10.6 Å². The van der Waals surface area contributed by atoms with Crippen molar-refractivity contribution in [1.29, 1.82) is 0 Å². The molecule has 0 atom stereocenters. The minimum Gasteiger partial charge on any atom is -0.365 e. The molecule has 1 aromatic heterocycles. The summed E-state index contributed by atoms with van der Waals surface area (Å²) < 4.78 is 0. The molecule has 3 rings (SSSR count). The fourth-order valence-electron chi connectivity index (χ4n) is 3.10. The number of hydrogen-bond acceptors (Lipinski definition) is 5. The molecule has 1 aliphatic rings. The normalized spacial score (nSPS) is 13.9. The molecule has 1 aromatic carbocycles. The molecule has 4 N–H and O–H groups in total. The van der Waals surface area contributed by atoms with Gasteiger partial charge in [-0.1, -0.05) is 37.3 Å². The summed E-state index contributed by atoms with van der Waals surface area (Å²) in [6, 6.07) is 9.50. The van der Waals surface area contributed by atoms with Gasteiger partial charge in [-0.25, -0.2) is 0 Å². The van der Waals surface area contributed by atoms with Crippen LogP contribution in [0.25, 0.3) is 6.08 Å². The van der Waals surface area contributed by atoms with Gasteiger partial charge in [0, 0.05) is 24.0 Å². The van der Waals surface area contributed by atoms with Gasteiger partial charge in [0.2, 0.25) is 5.91 Å². The van der Waals surface area contributed by atoms with Gasteiger partial charge >= 0.3 is 0 Å².